The van der Waals surface area contributed by atoms with E-state index in [0.717, 1.165) is 39.2 Å². The van der Waals surface area contributed by atoms with Gasteiger partial charge in [-0.2, -0.15) is 0 Å². The lowest BCUT2D eigenvalue weighted by Crippen LogP contribution is -2.24. The van der Waals surface area contributed by atoms with Crippen LogP contribution in [0.25, 0.3) is 22.6 Å². The fourth-order valence-electron chi connectivity index (χ4n) is 3.08. The quantitative estimate of drug-likeness (QED) is 0.358. The fourth-order valence-corrected chi connectivity index (χ4v) is 3.92. The van der Waals surface area contributed by atoms with E-state index in [-0.39, 0.29) is 11.7 Å². The van der Waals surface area contributed by atoms with Gasteiger partial charge in [0.15, 0.2) is 0 Å². The fraction of sp³-hybridized carbons (Fsp3) is 0.167. The number of hydrogen-bond acceptors (Lipinski definition) is 6. The highest BCUT2D eigenvalue weighted by atomic mass is 32.2. The van der Waals surface area contributed by atoms with Crippen LogP contribution in [-0.2, 0) is 11.3 Å². The number of ether oxygens (including phenoxy) is 2. The molecule has 2 N–H and O–H groups in total. The summed E-state index contributed by atoms with van der Waals surface area (Å²) in [7, 11) is 3.27. The van der Waals surface area contributed by atoms with Crippen molar-refractivity contribution in [3.05, 3.63) is 72.7 Å². The third-order valence-corrected chi connectivity index (χ3v) is 5.77. The number of carbonyl (C=O) groups excluding carboxylic acids is 1. The van der Waals surface area contributed by atoms with Crippen LogP contribution in [0.4, 0.5) is 0 Å². The van der Waals surface area contributed by atoms with Crippen LogP contribution in [0, 0.1) is 0 Å². The van der Waals surface area contributed by atoms with Crippen molar-refractivity contribution in [2.45, 2.75) is 11.6 Å². The number of furan rings is 1. The minimum absolute atomic E-state index is 0.0962. The zero-order valence-corrected chi connectivity index (χ0v) is 18.6. The van der Waals surface area contributed by atoms with Crippen LogP contribution >= 0.6 is 11.8 Å². The molecule has 7 nitrogen and oxygen atoms in total. The van der Waals surface area contributed by atoms with Gasteiger partial charge in [0.25, 0.3) is 0 Å². The molecular formula is C24H23N3O4S. The summed E-state index contributed by atoms with van der Waals surface area (Å²) in [5.41, 5.74) is 2.73. The van der Waals surface area contributed by atoms with E-state index in [1.807, 2.05) is 54.6 Å². The number of aromatic amines is 1. The molecule has 0 aliphatic heterocycles. The molecule has 4 aromatic rings. The van der Waals surface area contributed by atoms with Gasteiger partial charge in [0, 0.05) is 11.1 Å². The first-order chi connectivity index (χ1) is 15.7. The van der Waals surface area contributed by atoms with Gasteiger partial charge in [0.2, 0.25) is 5.91 Å². The standard InChI is InChI=1S/C24H23N3O4S/c1-29-18-9-5-16(6-10-18)22-24(32-15-21(28)25-14-20-4-3-13-31-20)27-23(26-22)17-7-11-19(30-2)12-8-17/h3-13H,14-15H2,1-2H3,(H,25,28)(H,26,27). The highest BCUT2D eigenvalue weighted by Crippen LogP contribution is 2.33. The van der Waals surface area contributed by atoms with Gasteiger partial charge in [-0.15, -0.1) is 0 Å². The summed E-state index contributed by atoms with van der Waals surface area (Å²) >= 11 is 1.38. The number of carbonyl (C=O) groups is 1. The van der Waals surface area contributed by atoms with Crippen LogP contribution in [-0.4, -0.2) is 35.8 Å². The van der Waals surface area contributed by atoms with Crippen LogP contribution in [0.2, 0.25) is 0 Å². The summed E-state index contributed by atoms with van der Waals surface area (Å²) < 4.78 is 15.8. The first kappa shape index (κ1) is 21.6. The Kier molecular flexibility index (Phi) is 6.81. The molecule has 0 bridgehead atoms. The largest absolute Gasteiger partial charge is 0.497 e. The molecule has 2 heterocycles. The molecule has 4 rings (SSSR count). The zero-order valence-electron chi connectivity index (χ0n) is 17.8. The van der Waals surface area contributed by atoms with Gasteiger partial charge >= 0.3 is 0 Å². The highest BCUT2D eigenvalue weighted by molar-refractivity contribution is 8.00. The molecule has 0 unspecified atom stereocenters. The van der Waals surface area contributed by atoms with E-state index in [1.165, 1.54) is 11.8 Å². The molecule has 0 fully saturated rings. The van der Waals surface area contributed by atoms with Gasteiger partial charge in [-0.3, -0.25) is 4.79 Å². The normalized spacial score (nSPS) is 10.7. The molecule has 0 aliphatic carbocycles. The predicted molar refractivity (Wildman–Crippen MR) is 124 cm³/mol. The first-order valence-corrected chi connectivity index (χ1v) is 11.0. The van der Waals surface area contributed by atoms with E-state index in [9.17, 15) is 4.79 Å². The topological polar surface area (TPSA) is 89.4 Å². The van der Waals surface area contributed by atoms with Crippen molar-refractivity contribution in [2.75, 3.05) is 20.0 Å². The Morgan fingerprint density at radius 1 is 1.00 bits per heavy atom. The minimum Gasteiger partial charge on any atom is -0.497 e. The lowest BCUT2D eigenvalue weighted by molar-refractivity contribution is -0.118. The van der Waals surface area contributed by atoms with Gasteiger partial charge in [-0.05, 0) is 60.7 Å². The molecule has 0 aliphatic rings. The van der Waals surface area contributed by atoms with Gasteiger partial charge in [-0.25, -0.2) is 4.98 Å². The lowest BCUT2D eigenvalue weighted by Gasteiger charge is -2.05. The Morgan fingerprint density at radius 2 is 1.66 bits per heavy atom. The maximum absolute atomic E-state index is 12.3. The maximum atomic E-state index is 12.3. The van der Waals surface area contributed by atoms with Crippen molar-refractivity contribution in [2.24, 2.45) is 0 Å². The predicted octanol–water partition coefficient (Wildman–Crippen LogP) is 4.76. The molecular weight excluding hydrogens is 426 g/mol. The van der Waals surface area contributed by atoms with E-state index in [1.54, 1.807) is 26.5 Å². The van der Waals surface area contributed by atoms with Gasteiger partial charge in [0.05, 0.1) is 38.5 Å². The van der Waals surface area contributed by atoms with E-state index in [4.69, 9.17) is 18.9 Å². The summed E-state index contributed by atoms with van der Waals surface area (Å²) in [5, 5.41) is 3.60. The number of rotatable bonds is 9. The molecule has 164 valence electrons. The van der Waals surface area contributed by atoms with Crippen molar-refractivity contribution < 1.29 is 18.7 Å². The second-order valence-electron chi connectivity index (χ2n) is 6.87. The zero-order chi connectivity index (χ0) is 22.3. The molecule has 0 saturated heterocycles. The summed E-state index contributed by atoms with van der Waals surface area (Å²) in [4.78, 5) is 20.5. The van der Waals surface area contributed by atoms with E-state index < -0.39 is 0 Å². The van der Waals surface area contributed by atoms with E-state index >= 15 is 0 Å². The smallest absolute Gasteiger partial charge is 0.230 e. The van der Waals surface area contributed by atoms with Crippen LogP contribution in [0.1, 0.15) is 5.76 Å². The molecule has 0 saturated carbocycles. The Morgan fingerprint density at radius 3 is 2.25 bits per heavy atom. The number of benzene rings is 2. The molecule has 0 spiro atoms. The number of aromatic nitrogens is 2. The minimum atomic E-state index is -0.0962. The lowest BCUT2D eigenvalue weighted by atomic mass is 10.1. The Balaban J connectivity index is 1.55. The van der Waals surface area contributed by atoms with E-state index in [0.29, 0.717) is 12.3 Å². The molecule has 0 radical (unpaired) electrons. The molecule has 8 heteroatoms. The second kappa shape index (κ2) is 10.1. The third-order valence-electron chi connectivity index (χ3n) is 4.79. The monoisotopic (exact) mass is 449 g/mol. The number of amides is 1. The number of thioether (sulfide) groups is 1. The average Bonchev–Trinajstić information content (AvgIpc) is 3.52. The summed E-state index contributed by atoms with van der Waals surface area (Å²) in [5.74, 6) is 3.12. The van der Waals surface area contributed by atoms with E-state index in [2.05, 4.69) is 10.3 Å². The summed E-state index contributed by atoms with van der Waals surface area (Å²) in [6.45, 7) is 0.357. The molecule has 2 aromatic heterocycles. The second-order valence-corrected chi connectivity index (χ2v) is 7.83. The third kappa shape index (κ3) is 5.15. The van der Waals surface area contributed by atoms with Crippen LogP contribution in [0.15, 0.2) is 76.4 Å². The van der Waals surface area contributed by atoms with Crippen molar-refractivity contribution in [1.82, 2.24) is 15.3 Å². The van der Waals surface area contributed by atoms with Crippen molar-refractivity contribution in [1.29, 1.82) is 0 Å². The van der Waals surface area contributed by atoms with Gasteiger partial charge < -0.3 is 24.2 Å². The van der Waals surface area contributed by atoms with Crippen LogP contribution in [0.3, 0.4) is 0 Å². The molecule has 2 aromatic carbocycles. The first-order valence-electron chi connectivity index (χ1n) is 9.97. The number of hydrogen-bond donors (Lipinski definition) is 2. The van der Waals surface area contributed by atoms with Crippen LogP contribution in [0.5, 0.6) is 11.5 Å². The Bertz CT molecular complexity index is 1150. The average molecular weight is 450 g/mol. The number of H-pyrrole nitrogens is 1. The van der Waals surface area contributed by atoms with Crippen LogP contribution < -0.4 is 14.8 Å². The van der Waals surface area contributed by atoms with Crippen molar-refractivity contribution in [3.8, 4) is 34.1 Å². The molecule has 1 amide bonds. The number of nitrogens with zero attached hydrogens (tertiary/aromatic N) is 1. The van der Waals surface area contributed by atoms with Crippen molar-refractivity contribution >= 4 is 17.7 Å². The number of nitrogens with one attached hydrogen (secondary N) is 2. The highest BCUT2D eigenvalue weighted by Gasteiger charge is 2.16. The Hall–Kier alpha value is -3.65. The molecule has 32 heavy (non-hydrogen) atoms. The summed E-state index contributed by atoms with van der Waals surface area (Å²) in [6, 6.07) is 19.0. The van der Waals surface area contributed by atoms with Crippen molar-refractivity contribution in [3.63, 3.8) is 0 Å². The Labute approximate surface area is 190 Å². The van der Waals surface area contributed by atoms with Gasteiger partial charge in [0.1, 0.15) is 28.1 Å². The van der Waals surface area contributed by atoms with Gasteiger partial charge in [-0.1, -0.05) is 11.8 Å². The number of methoxy groups -OCH3 is 2. The SMILES string of the molecule is COc1ccc(-c2nc(SCC(=O)NCc3ccco3)c(-c3ccc(OC)cc3)[nH]2)cc1. The summed E-state index contributed by atoms with van der Waals surface area (Å²) in [6.07, 6.45) is 1.59. The maximum Gasteiger partial charge on any atom is 0.230 e. The number of imidazole rings is 1. The molecule has 0 atom stereocenters.